The molecule has 0 bridgehead atoms. The molecule has 2 heterocycles. The van der Waals surface area contributed by atoms with Crippen LogP contribution in [0, 0.1) is 22.9 Å². The third-order valence-electron chi connectivity index (χ3n) is 4.71. The Morgan fingerprint density at radius 3 is 2.61 bits per heavy atom. The quantitative estimate of drug-likeness (QED) is 0.467. The van der Waals surface area contributed by atoms with Gasteiger partial charge in [-0.15, -0.1) is 0 Å². The number of halogens is 1. The van der Waals surface area contributed by atoms with Crippen molar-refractivity contribution in [2.24, 2.45) is 0 Å². The molecule has 142 valence electrons. The van der Waals surface area contributed by atoms with Crippen LogP contribution in [0.1, 0.15) is 16.8 Å². The number of rotatable bonds is 3. The number of fused-ring (bicyclic) bond motifs is 1. The van der Waals surface area contributed by atoms with E-state index in [9.17, 15) is 24.4 Å². The zero-order valence-corrected chi connectivity index (χ0v) is 14.5. The van der Waals surface area contributed by atoms with Gasteiger partial charge in [-0.25, -0.2) is 9.07 Å². The van der Waals surface area contributed by atoms with E-state index in [1.807, 2.05) is 0 Å². The van der Waals surface area contributed by atoms with Gasteiger partial charge in [0, 0.05) is 23.4 Å². The molecule has 9 nitrogen and oxygen atoms in total. The maximum atomic E-state index is 13.8. The van der Waals surface area contributed by atoms with E-state index in [-0.39, 0.29) is 34.0 Å². The summed E-state index contributed by atoms with van der Waals surface area (Å²) in [5, 5.41) is 28.8. The van der Waals surface area contributed by atoms with Gasteiger partial charge in [-0.3, -0.25) is 14.9 Å². The Morgan fingerprint density at radius 2 is 1.96 bits per heavy atom. The number of nitrogens with two attached hydrogens (primary N) is 1. The van der Waals surface area contributed by atoms with Crippen LogP contribution in [0.25, 0.3) is 5.69 Å². The average molecular weight is 383 g/mol. The summed E-state index contributed by atoms with van der Waals surface area (Å²) in [6.07, 6.45) is 0. The molecule has 4 N–H and O–H groups in total. The number of nitro benzene ring substituents is 1. The molecule has 1 amide bonds. The van der Waals surface area contributed by atoms with Gasteiger partial charge in [0.2, 0.25) is 5.60 Å². The van der Waals surface area contributed by atoms with Crippen LogP contribution in [-0.2, 0) is 10.4 Å². The molecule has 1 unspecified atom stereocenters. The third kappa shape index (κ3) is 2.35. The molecule has 0 spiro atoms. The first-order chi connectivity index (χ1) is 13.2. The molecule has 0 fully saturated rings. The molecule has 2 aromatic carbocycles. The fourth-order valence-corrected chi connectivity index (χ4v) is 3.41. The lowest BCUT2D eigenvalue weighted by Crippen LogP contribution is -2.36. The Balaban J connectivity index is 1.88. The molecular formula is C18H14FN5O4. The monoisotopic (exact) mass is 383 g/mol. The highest BCUT2D eigenvalue weighted by Gasteiger charge is 2.50. The van der Waals surface area contributed by atoms with E-state index in [0.29, 0.717) is 5.69 Å². The number of nitrogens with one attached hydrogen (secondary N) is 1. The van der Waals surface area contributed by atoms with E-state index in [4.69, 9.17) is 5.73 Å². The van der Waals surface area contributed by atoms with Crippen molar-refractivity contribution in [3.8, 4) is 5.69 Å². The van der Waals surface area contributed by atoms with Crippen molar-refractivity contribution >= 4 is 23.1 Å². The number of carbonyl (C=O) groups excluding carboxylic acids is 1. The van der Waals surface area contributed by atoms with Gasteiger partial charge in [0.1, 0.15) is 11.6 Å². The number of nitrogens with zero attached hydrogens (tertiary/aromatic N) is 3. The first-order valence-corrected chi connectivity index (χ1v) is 8.17. The number of hydrogen-bond acceptors (Lipinski definition) is 6. The normalized spacial score (nSPS) is 18.0. The van der Waals surface area contributed by atoms with Gasteiger partial charge in [0.15, 0.2) is 0 Å². The standard InChI is InChI=1S/C18H14FN5O4/c1-9-15(18(26)13-8-10(19)2-7-14(13)21-17(18)25)16(20)23(22-9)11-3-5-12(6-4-11)24(27)28/h2-8,26H,20H2,1H3,(H,21,25). The second-order valence-electron chi connectivity index (χ2n) is 6.39. The van der Waals surface area contributed by atoms with Gasteiger partial charge >= 0.3 is 0 Å². The fourth-order valence-electron chi connectivity index (χ4n) is 3.41. The van der Waals surface area contributed by atoms with E-state index >= 15 is 0 Å². The van der Waals surface area contributed by atoms with Crippen molar-refractivity contribution in [3.05, 3.63) is 75.2 Å². The highest BCUT2D eigenvalue weighted by atomic mass is 19.1. The van der Waals surface area contributed by atoms with Gasteiger partial charge in [-0.1, -0.05) is 0 Å². The largest absolute Gasteiger partial charge is 0.383 e. The number of amides is 1. The summed E-state index contributed by atoms with van der Waals surface area (Å²) in [5.41, 5.74) is 4.85. The molecule has 0 aliphatic carbocycles. The third-order valence-corrected chi connectivity index (χ3v) is 4.71. The molecule has 1 aliphatic rings. The first-order valence-electron chi connectivity index (χ1n) is 8.17. The van der Waals surface area contributed by atoms with Crippen LogP contribution in [0.4, 0.5) is 21.6 Å². The minimum Gasteiger partial charge on any atom is -0.383 e. The zero-order chi connectivity index (χ0) is 20.2. The number of aliphatic hydroxyl groups is 1. The number of non-ortho nitro benzene ring substituents is 1. The van der Waals surface area contributed by atoms with Crippen LogP contribution in [0.3, 0.4) is 0 Å². The fraction of sp³-hybridized carbons (Fsp3) is 0.111. The lowest BCUT2D eigenvalue weighted by atomic mass is 9.87. The molecule has 1 aliphatic heterocycles. The Labute approximate surface area is 157 Å². The van der Waals surface area contributed by atoms with E-state index in [1.165, 1.54) is 41.1 Å². The van der Waals surface area contributed by atoms with Gasteiger partial charge in [-0.05, 0) is 37.3 Å². The van der Waals surface area contributed by atoms with Crippen molar-refractivity contribution in [3.63, 3.8) is 0 Å². The second-order valence-corrected chi connectivity index (χ2v) is 6.39. The van der Waals surface area contributed by atoms with Crippen molar-refractivity contribution in [1.82, 2.24) is 9.78 Å². The Bertz CT molecular complexity index is 1140. The lowest BCUT2D eigenvalue weighted by molar-refractivity contribution is -0.384. The van der Waals surface area contributed by atoms with Crippen LogP contribution >= 0.6 is 0 Å². The molecule has 28 heavy (non-hydrogen) atoms. The van der Waals surface area contributed by atoms with Crippen LogP contribution in [0.15, 0.2) is 42.5 Å². The molecule has 10 heteroatoms. The number of carbonyl (C=O) groups is 1. The summed E-state index contributed by atoms with van der Waals surface area (Å²) >= 11 is 0. The van der Waals surface area contributed by atoms with Crippen LogP contribution < -0.4 is 11.1 Å². The number of aromatic nitrogens is 2. The lowest BCUT2D eigenvalue weighted by Gasteiger charge is -2.21. The summed E-state index contributed by atoms with van der Waals surface area (Å²) in [4.78, 5) is 22.9. The maximum Gasteiger partial charge on any atom is 0.269 e. The minimum absolute atomic E-state index is 0.0210. The van der Waals surface area contributed by atoms with E-state index in [1.54, 1.807) is 6.92 Å². The SMILES string of the molecule is Cc1nn(-c2ccc([N+](=O)[O-])cc2)c(N)c1C1(O)C(=O)Nc2ccc(F)cc21. The second kappa shape index (κ2) is 5.86. The number of aryl methyl sites for hydroxylation is 1. The Kier molecular flexibility index (Phi) is 3.69. The predicted octanol–water partition coefficient (Wildman–Crippen LogP) is 2.00. The highest BCUT2D eigenvalue weighted by Crippen LogP contribution is 2.44. The van der Waals surface area contributed by atoms with Gasteiger partial charge in [-0.2, -0.15) is 5.10 Å². The number of nitrogen functional groups attached to an aromatic ring is 1. The minimum atomic E-state index is -2.22. The number of hydrogen-bond donors (Lipinski definition) is 3. The molecule has 0 saturated heterocycles. The molecule has 4 rings (SSSR count). The molecule has 1 aromatic heterocycles. The molecule has 0 saturated carbocycles. The van der Waals surface area contributed by atoms with E-state index < -0.39 is 22.2 Å². The summed E-state index contributed by atoms with van der Waals surface area (Å²) < 4.78 is 15.0. The van der Waals surface area contributed by atoms with Crippen LogP contribution in [-0.4, -0.2) is 25.7 Å². The predicted molar refractivity (Wildman–Crippen MR) is 97.4 cm³/mol. The summed E-state index contributed by atoms with van der Waals surface area (Å²) in [5.74, 6) is -1.43. The maximum absolute atomic E-state index is 13.8. The van der Waals surface area contributed by atoms with E-state index in [0.717, 1.165) is 6.07 Å². The topological polar surface area (TPSA) is 136 Å². The van der Waals surface area contributed by atoms with Gasteiger partial charge < -0.3 is 16.2 Å². The Hall–Kier alpha value is -3.79. The number of benzene rings is 2. The van der Waals surface area contributed by atoms with Gasteiger partial charge in [0.25, 0.3) is 11.6 Å². The highest BCUT2D eigenvalue weighted by molar-refractivity contribution is 6.08. The molecule has 0 radical (unpaired) electrons. The summed E-state index contributed by atoms with van der Waals surface area (Å²) in [6.45, 7) is 1.55. The summed E-state index contributed by atoms with van der Waals surface area (Å²) in [7, 11) is 0. The zero-order valence-electron chi connectivity index (χ0n) is 14.5. The van der Waals surface area contributed by atoms with Crippen LogP contribution in [0.5, 0.6) is 0 Å². The number of anilines is 2. The molecular weight excluding hydrogens is 369 g/mol. The average Bonchev–Trinajstić information content (AvgIpc) is 3.09. The Morgan fingerprint density at radius 1 is 1.29 bits per heavy atom. The molecule has 3 aromatic rings. The van der Waals surface area contributed by atoms with Crippen molar-refractivity contribution in [2.75, 3.05) is 11.1 Å². The van der Waals surface area contributed by atoms with Gasteiger partial charge in [0.05, 0.1) is 21.9 Å². The van der Waals surface area contributed by atoms with Crippen molar-refractivity contribution in [1.29, 1.82) is 0 Å². The first kappa shape index (κ1) is 17.6. The number of nitro groups is 1. The van der Waals surface area contributed by atoms with E-state index in [2.05, 4.69) is 10.4 Å². The van der Waals surface area contributed by atoms with Crippen molar-refractivity contribution < 1.29 is 19.2 Å². The van der Waals surface area contributed by atoms with Crippen LogP contribution in [0.2, 0.25) is 0 Å². The summed E-state index contributed by atoms with van der Waals surface area (Å²) in [6, 6.07) is 9.04. The molecule has 1 atom stereocenters. The van der Waals surface area contributed by atoms with Crippen molar-refractivity contribution in [2.45, 2.75) is 12.5 Å². The smallest absolute Gasteiger partial charge is 0.269 e.